The summed E-state index contributed by atoms with van der Waals surface area (Å²) in [5.74, 6) is -0.466. The predicted molar refractivity (Wildman–Crippen MR) is 69.6 cm³/mol. The highest BCUT2D eigenvalue weighted by molar-refractivity contribution is 5.68. The summed E-state index contributed by atoms with van der Waals surface area (Å²) in [6, 6.07) is 0. The van der Waals surface area contributed by atoms with Gasteiger partial charge in [0.05, 0.1) is 6.54 Å². The number of hydrogen-bond acceptors (Lipinski definition) is 5. The van der Waals surface area contributed by atoms with Crippen LogP contribution in [0.4, 0.5) is 4.79 Å². The molecule has 0 aromatic heterocycles. The highest BCUT2D eigenvalue weighted by atomic mass is 16.6. The van der Waals surface area contributed by atoms with E-state index in [0.29, 0.717) is 0 Å². The molecule has 0 radical (unpaired) electrons. The molecular weight excluding hydrogens is 250 g/mol. The van der Waals surface area contributed by atoms with Crippen molar-refractivity contribution in [3.05, 3.63) is 12.2 Å². The molecule has 6 nitrogen and oxygen atoms in total. The van der Waals surface area contributed by atoms with Gasteiger partial charge in [-0.2, -0.15) is 0 Å². The second-order valence-corrected chi connectivity index (χ2v) is 4.86. The fourth-order valence-corrected chi connectivity index (χ4v) is 1.15. The van der Waals surface area contributed by atoms with E-state index in [9.17, 15) is 14.4 Å². The zero-order valence-corrected chi connectivity index (χ0v) is 11.8. The maximum absolute atomic E-state index is 11.4. The molecule has 0 fully saturated rings. The first-order chi connectivity index (χ1) is 8.74. The topological polar surface area (TPSA) is 81.7 Å². The Morgan fingerprint density at radius 2 is 1.95 bits per heavy atom. The van der Waals surface area contributed by atoms with Gasteiger partial charge in [0.25, 0.3) is 0 Å². The number of ether oxygens (including phenoxy) is 2. The van der Waals surface area contributed by atoms with E-state index in [-0.39, 0.29) is 13.0 Å². The molecule has 108 valence electrons. The fourth-order valence-electron chi connectivity index (χ4n) is 1.15. The highest BCUT2D eigenvalue weighted by Gasteiger charge is 2.17. The second-order valence-electron chi connectivity index (χ2n) is 4.86. The van der Waals surface area contributed by atoms with Crippen LogP contribution < -0.4 is 5.32 Å². The van der Waals surface area contributed by atoms with Gasteiger partial charge >= 0.3 is 12.1 Å². The highest BCUT2D eigenvalue weighted by Crippen LogP contribution is 2.06. The number of esters is 1. The van der Waals surface area contributed by atoms with E-state index in [0.717, 1.165) is 6.29 Å². The van der Waals surface area contributed by atoms with E-state index in [1.165, 1.54) is 6.92 Å². The lowest BCUT2D eigenvalue weighted by molar-refractivity contribution is -0.144. The van der Waals surface area contributed by atoms with Crippen molar-refractivity contribution in [3.63, 3.8) is 0 Å². The maximum atomic E-state index is 11.4. The molecule has 0 spiro atoms. The number of rotatable bonds is 6. The van der Waals surface area contributed by atoms with E-state index in [2.05, 4.69) is 5.32 Å². The van der Waals surface area contributed by atoms with Gasteiger partial charge in [-0.3, -0.25) is 4.79 Å². The lowest BCUT2D eigenvalue weighted by Gasteiger charge is -2.21. The standard InChI is InChI=1S/C13H21NO5/c1-10(16)18-11(7-5-6-8-15)9-14-12(17)19-13(2,3)4/h5,7-8,11H,6,9H2,1-4H3,(H,14,17)/b7-5-. The molecule has 0 aliphatic carbocycles. The molecule has 0 aliphatic heterocycles. The average Bonchev–Trinajstić information content (AvgIpc) is 2.23. The van der Waals surface area contributed by atoms with Gasteiger partial charge in [-0.1, -0.05) is 6.08 Å². The third kappa shape index (κ3) is 11.0. The Morgan fingerprint density at radius 3 is 2.42 bits per heavy atom. The Labute approximate surface area is 113 Å². The lowest BCUT2D eigenvalue weighted by atomic mass is 10.2. The van der Waals surface area contributed by atoms with E-state index in [1.807, 2.05) is 0 Å². The van der Waals surface area contributed by atoms with Gasteiger partial charge in [-0.25, -0.2) is 4.79 Å². The number of allylic oxidation sites excluding steroid dienone is 1. The van der Waals surface area contributed by atoms with Crippen LogP contribution in [-0.2, 0) is 19.1 Å². The molecule has 19 heavy (non-hydrogen) atoms. The summed E-state index contributed by atoms with van der Waals surface area (Å²) in [6.07, 6.45) is 2.86. The van der Waals surface area contributed by atoms with Crippen LogP contribution in [0.25, 0.3) is 0 Å². The van der Waals surface area contributed by atoms with Crippen molar-refractivity contribution in [2.75, 3.05) is 6.54 Å². The third-order valence-corrected chi connectivity index (χ3v) is 1.75. The minimum atomic E-state index is -0.620. The average molecular weight is 271 g/mol. The molecule has 0 aromatic carbocycles. The van der Waals surface area contributed by atoms with Crippen molar-refractivity contribution in [1.29, 1.82) is 0 Å². The number of alkyl carbamates (subject to hydrolysis) is 1. The van der Waals surface area contributed by atoms with Gasteiger partial charge in [-0.15, -0.1) is 0 Å². The first-order valence-electron chi connectivity index (χ1n) is 5.99. The van der Waals surface area contributed by atoms with Crippen LogP contribution in [0.5, 0.6) is 0 Å². The van der Waals surface area contributed by atoms with Crippen LogP contribution in [-0.4, -0.2) is 36.6 Å². The summed E-state index contributed by atoms with van der Waals surface area (Å²) < 4.78 is 10.0. The molecule has 0 aliphatic rings. The summed E-state index contributed by atoms with van der Waals surface area (Å²) >= 11 is 0. The van der Waals surface area contributed by atoms with Crippen molar-refractivity contribution in [2.24, 2.45) is 0 Å². The van der Waals surface area contributed by atoms with Crippen LogP contribution in [0.1, 0.15) is 34.1 Å². The number of nitrogens with one attached hydrogen (secondary N) is 1. The largest absolute Gasteiger partial charge is 0.456 e. The smallest absolute Gasteiger partial charge is 0.407 e. The fraction of sp³-hybridized carbons (Fsp3) is 0.615. The van der Waals surface area contributed by atoms with Gasteiger partial charge in [0, 0.05) is 13.3 Å². The number of carbonyl (C=O) groups is 3. The van der Waals surface area contributed by atoms with Gasteiger partial charge in [0.1, 0.15) is 18.0 Å². The van der Waals surface area contributed by atoms with Crippen LogP contribution in [0.15, 0.2) is 12.2 Å². The number of amides is 1. The van der Waals surface area contributed by atoms with Gasteiger partial charge in [0.2, 0.25) is 0 Å². The SMILES string of the molecule is CC(=O)OC(/C=C\CC=O)CNC(=O)OC(C)(C)C. The van der Waals surface area contributed by atoms with E-state index in [4.69, 9.17) is 9.47 Å². The summed E-state index contributed by atoms with van der Waals surface area (Å²) in [7, 11) is 0. The van der Waals surface area contributed by atoms with Gasteiger partial charge in [-0.05, 0) is 26.8 Å². The summed E-state index contributed by atoms with van der Waals surface area (Å²) in [6.45, 7) is 6.61. The quantitative estimate of drug-likeness (QED) is 0.450. The molecule has 1 unspecified atom stereocenters. The molecule has 0 saturated heterocycles. The van der Waals surface area contributed by atoms with Crippen molar-refractivity contribution in [3.8, 4) is 0 Å². The van der Waals surface area contributed by atoms with Crippen molar-refractivity contribution in [2.45, 2.75) is 45.8 Å². The molecule has 1 N–H and O–H groups in total. The Kier molecular flexibility index (Phi) is 7.48. The predicted octanol–water partition coefficient (Wildman–Crippen LogP) is 1.59. The summed E-state index contributed by atoms with van der Waals surface area (Å²) in [5.41, 5.74) is -0.589. The van der Waals surface area contributed by atoms with E-state index >= 15 is 0 Å². The normalized spacial score (nSPS) is 12.8. The zero-order chi connectivity index (χ0) is 14.9. The van der Waals surface area contributed by atoms with Crippen LogP contribution in [0.3, 0.4) is 0 Å². The van der Waals surface area contributed by atoms with Crippen molar-refractivity contribution in [1.82, 2.24) is 5.32 Å². The van der Waals surface area contributed by atoms with E-state index < -0.39 is 23.8 Å². The lowest BCUT2D eigenvalue weighted by Crippen LogP contribution is -2.37. The Bertz CT molecular complexity index is 343. The van der Waals surface area contributed by atoms with Crippen molar-refractivity contribution < 1.29 is 23.9 Å². The Morgan fingerprint density at radius 1 is 1.32 bits per heavy atom. The maximum Gasteiger partial charge on any atom is 0.407 e. The van der Waals surface area contributed by atoms with Crippen molar-refractivity contribution >= 4 is 18.3 Å². The molecule has 1 atom stereocenters. The van der Waals surface area contributed by atoms with Crippen LogP contribution in [0, 0.1) is 0 Å². The molecule has 0 bridgehead atoms. The molecule has 6 heteroatoms. The van der Waals surface area contributed by atoms with Crippen LogP contribution in [0.2, 0.25) is 0 Å². The van der Waals surface area contributed by atoms with E-state index in [1.54, 1.807) is 32.9 Å². The van der Waals surface area contributed by atoms with Gasteiger partial charge < -0.3 is 19.6 Å². The molecule has 0 aromatic rings. The monoisotopic (exact) mass is 271 g/mol. The molecule has 0 rings (SSSR count). The number of hydrogen-bond donors (Lipinski definition) is 1. The second kappa shape index (κ2) is 8.29. The number of aldehydes is 1. The van der Waals surface area contributed by atoms with Gasteiger partial charge in [0.15, 0.2) is 0 Å². The minimum absolute atomic E-state index is 0.0872. The molecular formula is C13H21NO5. The molecule has 0 saturated carbocycles. The molecule has 1 amide bonds. The number of carbonyl (C=O) groups excluding carboxylic acids is 3. The molecule has 0 heterocycles. The van der Waals surface area contributed by atoms with Crippen LogP contribution >= 0.6 is 0 Å². The first kappa shape index (κ1) is 17.2. The Balaban J connectivity index is 4.28. The zero-order valence-electron chi connectivity index (χ0n) is 11.8. The summed E-state index contributed by atoms with van der Waals surface area (Å²) in [5, 5.41) is 2.49. The Hall–Kier alpha value is -1.85. The summed E-state index contributed by atoms with van der Waals surface area (Å²) in [4.78, 5) is 32.5. The minimum Gasteiger partial charge on any atom is -0.456 e. The first-order valence-corrected chi connectivity index (χ1v) is 5.99. The third-order valence-electron chi connectivity index (χ3n) is 1.75.